The maximum Gasteiger partial charge on any atom is 0.337 e. The smallest absolute Gasteiger partial charge is 0.337 e. The third kappa shape index (κ3) is 6.76. The third-order valence-electron chi connectivity index (χ3n) is 10.4. The van der Waals surface area contributed by atoms with Crippen molar-refractivity contribution in [3.8, 4) is 5.69 Å². The monoisotopic (exact) mass is 695 g/mol. The normalized spacial score (nSPS) is 21.6. The van der Waals surface area contributed by atoms with Gasteiger partial charge in [-0.2, -0.15) is 0 Å². The number of aliphatic hydroxyl groups excluding tert-OH is 1. The van der Waals surface area contributed by atoms with Crippen LogP contribution in [0.3, 0.4) is 0 Å². The molecule has 5 heterocycles. The van der Waals surface area contributed by atoms with E-state index in [1.54, 1.807) is 28.8 Å². The van der Waals surface area contributed by atoms with Gasteiger partial charge in [-0.15, -0.1) is 0 Å². The number of fused-ring (bicyclic) bond motifs is 2. The van der Waals surface area contributed by atoms with Crippen molar-refractivity contribution in [2.24, 2.45) is 5.92 Å². The van der Waals surface area contributed by atoms with E-state index in [1.165, 1.54) is 21.4 Å². The molecule has 0 amide bonds. The molecule has 1 saturated carbocycles. The maximum absolute atomic E-state index is 14.6. The molecule has 1 aliphatic heterocycles. The summed E-state index contributed by atoms with van der Waals surface area (Å²) < 4.78 is 38.1. The average molecular weight is 696 g/mol. The second kappa shape index (κ2) is 14.0. The third-order valence-corrected chi connectivity index (χ3v) is 10.4. The first-order valence-electron chi connectivity index (χ1n) is 17.5. The zero-order valence-electron chi connectivity index (χ0n) is 28.0. The van der Waals surface area contributed by atoms with Crippen LogP contribution in [0.25, 0.3) is 27.9 Å². The van der Waals surface area contributed by atoms with Crippen molar-refractivity contribution >= 4 is 22.3 Å². The Morgan fingerprint density at radius 3 is 2.63 bits per heavy atom. The number of aliphatic hydroxyl groups is 1. The van der Waals surface area contributed by atoms with Crippen LogP contribution < -0.4 is 16.6 Å². The molecule has 1 aromatic carbocycles. The van der Waals surface area contributed by atoms with Crippen molar-refractivity contribution in [3.05, 3.63) is 123 Å². The zero-order valence-corrected chi connectivity index (χ0v) is 28.0. The van der Waals surface area contributed by atoms with E-state index < -0.39 is 17.1 Å². The first kappa shape index (κ1) is 33.2. The fourth-order valence-electron chi connectivity index (χ4n) is 7.76. The van der Waals surface area contributed by atoms with E-state index in [0.29, 0.717) is 63.2 Å². The van der Waals surface area contributed by atoms with Gasteiger partial charge in [0.15, 0.2) is 5.65 Å². The summed E-state index contributed by atoms with van der Waals surface area (Å²) in [6.07, 6.45) is 11.1. The molecule has 2 aliphatic carbocycles. The number of morpholine rings is 1. The van der Waals surface area contributed by atoms with E-state index in [-0.39, 0.29) is 40.6 Å². The number of hydrogen-bond acceptors (Lipinski definition) is 8. The standard InChI is InChI=1S/C38H39F2N7O4/c39-26-5-11-35-43-29(23-45(35)22-26)20-41-28-6-8-30(9-7-28)47-37(49)34-17-27(40)19-42-36(34)46(38(47)50)31-3-1-2-24(16-31)33-18-32(48)10-4-25(33)21-44-12-14-51-15-13-44/h1-3,5,10-11,16-19,22-23,25,28,30,41,48H,4,6-9,12-15,20-21H2. The molecule has 2 fully saturated rings. The van der Waals surface area contributed by atoms with Gasteiger partial charge in [0.25, 0.3) is 5.56 Å². The van der Waals surface area contributed by atoms with Gasteiger partial charge in [-0.05, 0) is 85.7 Å². The van der Waals surface area contributed by atoms with E-state index in [2.05, 4.69) is 20.2 Å². The number of aromatic nitrogens is 5. The van der Waals surface area contributed by atoms with Crippen LogP contribution in [0.5, 0.6) is 0 Å². The van der Waals surface area contributed by atoms with Crippen LogP contribution in [0.15, 0.2) is 88.6 Å². The average Bonchev–Trinajstić information content (AvgIpc) is 3.55. The first-order valence-corrected chi connectivity index (χ1v) is 17.5. The predicted molar refractivity (Wildman–Crippen MR) is 189 cm³/mol. The molecule has 1 saturated heterocycles. The lowest BCUT2D eigenvalue weighted by atomic mass is 9.85. The summed E-state index contributed by atoms with van der Waals surface area (Å²) in [6, 6.07) is 11.4. The highest BCUT2D eigenvalue weighted by molar-refractivity contribution is 5.77. The van der Waals surface area contributed by atoms with Crippen LogP contribution in [0.2, 0.25) is 0 Å². The highest BCUT2D eigenvalue weighted by Crippen LogP contribution is 2.34. The van der Waals surface area contributed by atoms with Crippen LogP contribution in [0, 0.1) is 17.6 Å². The molecule has 11 nitrogen and oxygen atoms in total. The molecular formula is C38H39F2N7O4. The molecule has 0 spiro atoms. The number of halogens is 2. The minimum atomic E-state index is -0.659. The topological polar surface area (TPSA) is 119 Å². The second-order valence-electron chi connectivity index (χ2n) is 13.7. The van der Waals surface area contributed by atoms with Crippen molar-refractivity contribution in [2.75, 3.05) is 32.8 Å². The van der Waals surface area contributed by atoms with Crippen LogP contribution >= 0.6 is 0 Å². The Labute approximate surface area is 292 Å². The predicted octanol–water partition coefficient (Wildman–Crippen LogP) is 4.92. The summed E-state index contributed by atoms with van der Waals surface area (Å²) in [5.41, 5.74) is 2.75. The minimum absolute atomic E-state index is 0.0335. The fraction of sp³-hybridized carbons (Fsp3) is 0.368. The number of benzene rings is 1. The number of nitrogens with zero attached hydrogens (tertiary/aromatic N) is 6. The molecule has 0 bridgehead atoms. The Bertz CT molecular complexity index is 2280. The van der Waals surface area contributed by atoms with Crippen molar-refractivity contribution < 1.29 is 18.6 Å². The largest absolute Gasteiger partial charge is 0.508 e. The van der Waals surface area contributed by atoms with Gasteiger partial charge in [-0.3, -0.25) is 14.3 Å². The van der Waals surface area contributed by atoms with Crippen molar-refractivity contribution in [3.63, 3.8) is 0 Å². The van der Waals surface area contributed by atoms with Gasteiger partial charge >= 0.3 is 5.69 Å². The molecule has 8 rings (SSSR count). The van der Waals surface area contributed by atoms with Gasteiger partial charge in [-0.25, -0.2) is 28.1 Å². The highest BCUT2D eigenvalue weighted by atomic mass is 19.1. The van der Waals surface area contributed by atoms with Crippen molar-refractivity contribution in [1.82, 2.24) is 33.7 Å². The van der Waals surface area contributed by atoms with E-state index >= 15 is 0 Å². The summed E-state index contributed by atoms with van der Waals surface area (Å²) in [5, 5.41) is 14.1. The second-order valence-corrected chi connectivity index (χ2v) is 13.7. The summed E-state index contributed by atoms with van der Waals surface area (Å²) in [5.74, 6) is -0.683. The molecule has 5 aromatic rings. The maximum atomic E-state index is 14.6. The van der Waals surface area contributed by atoms with Gasteiger partial charge in [0.05, 0.1) is 36.2 Å². The quantitative estimate of drug-likeness (QED) is 0.235. The number of imidazole rings is 1. The van der Waals surface area contributed by atoms with Crippen LogP contribution in [-0.4, -0.2) is 72.4 Å². The molecule has 3 aliphatic rings. The molecule has 1 unspecified atom stereocenters. The highest BCUT2D eigenvalue weighted by Gasteiger charge is 2.28. The van der Waals surface area contributed by atoms with Gasteiger partial charge < -0.3 is 19.6 Å². The molecular weight excluding hydrogens is 656 g/mol. The SMILES string of the molecule is O=c1c2cc(F)cnc2n(-c2cccc(C3=CC(O)=CCC3CN3CCOCC3)c2)c(=O)n1C1CCC(NCc2cn3cc(F)ccc3n2)CC1. The lowest BCUT2D eigenvalue weighted by Gasteiger charge is -2.32. The molecule has 264 valence electrons. The lowest BCUT2D eigenvalue weighted by molar-refractivity contribution is 0.0339. The molecule has 51 heavy (non-hydrogen) atoms. The van der Waals surface area contributed by atoms with Crippen molar-refractivity contribution in [1.29, 1.82) is 0 Å². The van der Waals surface area contributed by atoms with Crippen LogP contribution in [-0.2, 0) is 11.3 Å². The van der Waals surface area contributed by atoms with Crippen molar-refractivity contribution in [2.45, 2.75) is 50.7 Å². The molecule has 2 N–H and O–H groups in total. The summed E-state index contributed by atoms with van der Waals surface area (Å²) in [7, 11) is 0. The van der Waals surface area contributed by atoms with E-state index in [9.17, 15) is 23.5 Å². The number of hydrogen-bond donors (Lipinski definition) is 2. The van der Waals surface area contributed by atoms with Gasteiger partial charge in [-0.1, -0.05) is 12.1 Å². The lowest BCUT2D eigenvalue weighted by Crippen LogP contribution is -2.44. The van der Waals surface area contributed by atoms with Crippen LogP contribution in [0.1, 0.15) is 49.4 Å². The van der Waals surface area contributed by atoms with Gasteiger partial charge in [0.1, 0.15) is 23.0 Å². The number of allylic oxidation sites excluding steroid dienone is 2. The van der Waals surface area contributed by atoms with Gasteiger partial charge in [0.2, 0.25) is 0 Å². The summed E-state index contributed by atoms with van der Waals surface area (Å²) in [6.45, 7) is 4.35. The number of nitrogens with one attached hydrogen (secondary N) is 1. The number of rotatable bonds is 8. The number of ether oxygens (including phenoxy) is 1. The Morgan fingerprint density at radius 1 is 0.980 bits per heavy atom. The first-order chi connectivity index (χ1) is 24.8. The van der Waals surface area contributed by atoms with Crippen LogP contribution in [0.4, 0.5) is 8.78 Å². The summed E-state index contributed by atoms with van der Waals surface area (Å²) >= 11 is 0. The Morgan fingerprint density at radius 2 is 1.80 bits per heavy atom. The Balaban J connectivity index is 1.08. The molecule has 1 atom stereocenters. The summed E-state index contributed by atoms with van der Waals surface area (Å²) in [4.78, 5) is 39.5. The Hall–Kier alpha value is -4.98. The van der Waals surface area contributed by atoms with E-state index in [1.807, 2.05) is 24.3 Å². The molecule has 13 heteroatoms. The van der Waals surface area contributed by atoms with E-state index in [0.717, 1.165) is 48.7 Å². The van der Waals surface area contributed by atoms with E-state index in [4.69, 9.17) is 4.74 Å². The minimum Gasteiger partial charge on any atom is -0.508 e. The fourth-order valence-corrected chi connectivity index (χ4v) is 7.76. The number of pyridine rings is 2. The van der Waals surface area contributed by atoms with Gasteiger partial charge in [0, 0.05) is 56.6 Å². The Kier molecular flexibility index (Phi) is 9.09. The molecule has 0 radical (unpaired) electrons. The zero-order chi connectivity index (χ0) is 35.1. The molecule has 4 aromatic heterocycles.